The molecule has 0 saturated carbocycles. The smallest absolute Gasteiger partial charge is 0.269 e. The lowest BCUT2D eigenvalue weighted by molar-refractivity contribution is -0.384. The molecular weight excluding hydrogens is 284 g/mol. The maximum Gasteiger partial charge on any atom is 0.269 e. The van der Waals surface area contributed by atoms with Gasteiger partial charge in [0.25, 0.3) is 5.69 Å². The van der Waals surface area contributed by atoms with Gasteiger partial charge >= 0.3 is 0 Å². The molecule has 1 aromatic heterocycles. The quantitative estimate of drug-likeness (QED) is 0.672. The van der Waals surface area contributed by atoms with Crippen LogP contribution in [0.1, 0.15) is 6.92 Å². The number of benzene rings is 1. The Morgan fingerprint density at radius 1 is 1.40 bits per heavy atom. The lowest BCUT2D eigenvalue weighted by Crippen LogP contribution is -2.02. The van der Waals surface area contributed by atoms with Crippen molar-refractivity contribution in [3.05, 3.63) is 45.6 Å². The molecule has 2 rings (SSSR count). The SMILES string of the molecule is CCNc1ncc(Cl)c(Oc2ccc([N+](=O)[O-])cc2)n1. The van der Waals surface area contributed by atoms with Crippen molar-refractivity contribution in [2.24, 2.45) is 0 Å². The monoisotopic (exact) mass is 294 g/mol. The van der Waals surface area contributed by atoms with Gasteiger partial charge in [-0.25, -0.2) is 4.98 Å². The maximum atomic E-state index is 10.6. The summed E-state index contributed by atoms with van der Waals surface area (Å²) in [6, 6.07) is 5.64. The minimum absolute atomic E-state index is 0.0144. The Labute approximate surface area is 119 Å². The number of anilines is 1. The number of nitrogens with zero attached hydrogens (tertiary/aromatic N) is 3. The van der Waals surface area contributed by atoms with Gasteiger partial charge in [0.1, 0.15) is 10.8 Å². The van der Waals surface area contributed by atoms with Crippen LogP contribution in [0.3, 0.4) is 0 Å². The molecule has 0 saturated heterocycles. The molecule has 0 unspecified atom stereocenters. The Kier molecular flexibility index (Phi) is 4.31. The minimum Gasteiger partial charge on any atom is -0.437 e. The van der Waals surface area contributed by atoms with Crippen LogP contribution in [-0.2, 0) is 0 Å². The summed E-state index contributed by atoms with van der Waals surface area (Å²) in [6.45, 7) is 2.58. The van der Waals surface area contributed by atoms with E-state index < -0.39 is 4.92 Å². The number of nitro benzene ring substituents is 1. The number of halogens is 1. The van der Waals surface area contributed by atoms with Crippen molar-refractivity contribution < 1.29 is 9.66 Å². The number of nitrogens with one attached hydrogen (secondary N) is 1. The Morgan fingerprint density at radius 2 is 2.10 bits per heavy atom. The highest BCUT2D eigenvalue weighted by atomic mass is 35.5. The lowest BCUT2D eigenvalue weighted by Gasteiger charge is -2.08. The van der Waals surface area contributed by atoms with Crippen molar-refractivity contribution in [3.63, 3.8) is 0 Å². The molecule has 0 aliphatic heterocycles. The zero-order valence-corrected chi connectivity index (χ0v) is 11.3. The zero-order valence-electron chi connectivity index (χ0n) is 10.5. The van der Waals surface area contributed by atoms with E-state index in [9.17, 15) is 10.1 Å². The zero-order chi connectivity index (χ0) is 14.5. The fourth-order valence-electron chi connectivity index (χ4n) is 1.41. The number of nitro groups is 1. The summed E-state index contributed by atoms with van der Waals surface area (Å²) in [5, 5.41) is 13.7. The van der Waals surface area contributed by atoms with Crippen LogP contribution in [0.2, 0.25) is 5.02 Å². The molecule has 0 radical (unpaired) electrons. The normalized spacial score (nSPS) is 10.1. The molecule has 1 N–H and O–H groups in total. The topological polar surface area (TPSA) is 90.2 Å². The first-order chi connectivity index (χ1) is 9.60. The van der Waals surface area contributed by atoms with Gasteiger partial charge in [-0.3, -0.25) is 10.1 Å². The molecule has 0 bridgehead atoms. The van der Waals surface area contributed by atoms with Crippen LogP contribution >= 0.6 is 11.6 Å². The maximum absolute atomic E-state index is 10.6. The van der Waals surface area contributed by atoms with Gasteiger partial charge in [-0.05, 0) is 19.1 Å². The van der Waals surface area contributed by atoms with Gasteiger partial charge in [0.05, 0.1) is 11.1 Å². The van der Waals surface area contributed by atoms with Crippen LogP contribution in [0.15, 0.2) is 30.5 Å². The third-order valence-corrected chi connectivity index (χ3v) is 2.57. The van der Waals surface area contributed by atoms with E-state index in [1.54, 1.807) is 0 Å². The number of non-ortho nitro benzene ring substituents is 1. The van der Waals surface area contributed by atoms with Crippen molar-refractivity contribution in [2.45, 2.75) is 6.92 Å². The van der Waals surface area contributed by atoms with Crippen LogP contribution in [0, 0.1) is 10.1 Å². The fourth-order valence-corrected chi connectivity index (χ4v) is 1.54. The summed E-state index contributed by atoms with van der Waals surface area (Å²) in [7, 11) is 0. The van der Waals surface area contributed by atoms with Crippen molar-refractivity contribution in [3.8, 4) is 11.6 Å². The van der Waals surface area contributed by atoms with Crippen molar-refractivity contribution >= 4 is 23.2 Å². The Bertz CT molecular complexity index is 619. The molecule has 0 fully saturated rings. The van der Waals surface area contributed by atoms with Gasteiger partial charge in [0.15, 0.2) is 0 Å². The molecule has 7 nitrogen and oxygen atoms in total. The standard InChI is InChI=1S/C12H11ClN4O3/c1-2-14-12-15-7-10(13)11(16-12)20-9-5-3-8(4-6-9)17(18)19/h3-7H,2H2,1H3,(H,14,15,16). The molecule has 20 heavy (non-hydrogen) atoms. The Balaban J connectivity index is 2.20. The van der Waals surface area contributed by atoms with E-state index in [0.29, 0.717) is 18.2 Å². The van der Waals surface area contributed by atoms with Gasteiger partial charge in [0.2, 0.25) is 11.8 Å². The summed E-state index contributed by atoms with van der Waals surface area (Å²) >= 11 is 5.94. The molecule has 8 heteroatoms. The summed E-state index contributed by atoms with van der Waals surface area (Å²) in [5.74, 6) is 0.985. The van der Waals surface area contributed by atoms with Gasteiger partial charge in [0, 0.05) is 18.7 Å². The van der Waals surface area contributed by atoms with Crippen molar-refractivity contribution in [2.75, 3.05) is 11.9 Å². The third kappa shape index (κ3) is 3.33. The second kappa shape index (κ2) is 6.16. The number of hydrogen-bond acceptors (Lipinski definition) is 6. The molecule has 2 aromatic rings. The molecule has 0 amide bonds. The van der Waals surface area contributed by atoms with E-state index in [4.69, 9.17) is 16.3 Å². The predicted molar refractivity (Wildman–Crippen MR) is 74.4 cm³/mol. The second-order valence-electron chi connectivity index (χ2n) is 3.73. The minimum atomic E-state index is -0.481. The first-order valence-electron chi connectivity index (χ1n) is 5.79. The first kappa shape index (κ1) is 14.0. The molecular formula is C12H11ClN4O3. The van der Waals surface area contributed by atoms with Crippen molar-refractivity contribution in [1.82, 2.24) is 9.97 Å². The van der Waals surface area contributed by atoms with E-state index in [1.807, 2.05) is 6.92 Å². The average molecular weight is 295 g/mol. The molecule has 0 spiro atoms. The predicted octanol–water partition coefficient (Wildman–Crippen LogP) is 3.26. The molecule has 1 heterocycles. The Hall–Kier alpha value is -2.41. The molecule has 0 aliphatic carbocycles. The van der Waals surface area contributed by atoms with Crippen LogP contribution in [0.5, 0.6) is 11.6 Å². The van der Waals surface area contributed by atoms with Crippen LogP contribution in [0.4, 0.5) is 11.6 Å². The molecule has 0 aliphatic rings. The van der Waals surface area contributed by atoms with Crippen LogP contribution in [-0.4, -0.2) is 21.4 Å². The highest BCUT2D eigenvalue weighted by molar-refractivity contribution is 6.31. The summed E-state index contributed by atoms with van der Waals surface area (Å²) in [6.07, 6.45) is 1.42. The third-order valence-electron chi connectivity index (χ3n) is 2.31. The number of rotatable bonds is 5. The Morgan fingerprint density at radius 3 is 2.70 bits per heavy atom. The van der Waals surface area contributed by atoms with E-state index in [1.165, 1.54) is 30.5 Å². The molecule has 0 atom stereocenters. The van der Waals surface area contributed by atoms with E-state index >= 15 is 0 Å². The summed E-state index contributed by atoms with van der Waals surface area (Å²) in [4.78, 5) is 18.2. The van der Waals surface area contributed by atoms with Gasteiger partial charge in [-0.2, -0.15) is 4.98 Å². The second-order valence-corrected chi connectivity index (χ2v) is 4.14. The van der Waals surface area contributed by atoms with Crippen LogP contribution < -0.4 is 10.1 Å². The van der Waals surface area contributed by atoms with Crippen molar-refractivity contribution in [1.29, 1.82) is 0 Å². The largest absolute Gasteiger partial charge is 0.437 e. The van der Waals surface area contributed by atoms with Crippen LogP contribution in [0.25, 0.3) is 0 Å². The summed E-state index contributed by atoms with van der Waals surface area (Å²) < 4.78 is 5.49. The highest BCUT2D eigenvalue weighted by Crippen LogP contribution is 2.28. The molecule has 1 aromatic carbocycles. The summed E-state index contributed by atoms with van der Waals surface area (Å²) in [5.41, 5.74) is -0.0144. The number of aromatic nitrogens is 2. The number of hydrogen-bond donors (Lipinski definition) is 1. The van der Waals surface area contributed by atoms with Gasteiger partial charge in [-0.15, -0.1) is 0 Å². The van der Waals surface area contributed by atoms with E-state index in [0.717, 1.165) is 0 Å². The average Bonchev–Trinajstić information content (AvgIpc) is 2.43. The fraction of sp³-hybridized carbons (Fsp3) is 0.167. The van der Waals surface area contributed by atoms with E-state index in [-0.39, 0.29) is 16.6 Å². The molecule has 104 valence electrons. The first-order valence-corrected chi connectivity index (χ1v) is 6.16. The highest BCUT2D eigenvalue weighted by Gasteiger charge is 2.09. The number of ether oxygens (including phenoxy) is 1. The van der Waals surface area contributed by atoms with E-state index in [2.05, 4.69) is 15.3 Å². The lowest BCUT2D eigenvalue weighted by atomic mass is 10.3. The van der Waals surface area contributed by atoms with Gasteiger partial charge in [-0.1, -0.05) is 11.6 Å². The van der Waals surface area contributed by atoms with Gasteiger partial charge < -0.3 is 10.1 Å².